The van der Waals surface area contributed by atoms with Crippen molar-refractivity contribution in [3.63, 3.8) is 0 Å². The first-order valence-corrected chi connectivity index (χ1v) is 9.03. The van der Waals surface area contributed by atoms with E-state index >= 15 is 0 Å². The molecule has 0 bridgehead atoms. The molecule has 26 heavy (non-hydrogen) atoms. The summed E-state index contributed by atoms with van der Waals surface area (Å²) in [5.74, 6) is -0.0188. The quantitative estimate of drug-likeness (QED) is 0.562. The van der Waals surface area contributed by atoms with Gasteiger partial charge < -0.3 is 9.88 Å². The van der Waals surface area contributed by atoms with E-state index in [2.05, 4.69) is 10.3 Å². The van der Waals surface area contributed by atoms with Crippen LogP contribution in [0.2, 0.25) is 0 Å². The van der Waals surface area contributed by atoms with E-state index in [0.717, 1.165) is 21.3 Å². The van der Waals surface area contributed by atoms with E-state index < -0.39 is 0 Å². The maximum Gasteiger partial charge on any atom is 0.273 e. The second-order valence-corrected chi connectivity index (χ2v) is 7.04. The van der Waals surface area contributed by atoms with Crippen LogP contribution in [-0.2, 0) is 6.54 Å². The Morgan fingerprint density at radius 1 is 1.23 bits per heavy atom. The number of anilines is 1. The minimum atomic E-state index is -0.286. The van der Waals surface area contributed by atoms with E-state index in [1.54, 1.807) is 29.7 Å². The van der Waals surface area contributed by atoms with Gasteiger partial charge in [-0.3, -0.25) is 4.79 Å². The highest BCUT2D eigenvalue weighted by atomic mass is 32.1. The Hall–Kier alpha value is -2.99. The average Bonchev–Trinajstić information content (AvgIpc) is 3.20. The number of aryl methyl sites for hydroxylation is 1. The van der Waals surface area contributed by atoms with Crippen molar-refractivity contribution in [2.75, 3.05) is 5.32 Å². The number of amides is 1. The van der Waals surface area contributed by atoms with Gasteiger partial charge in [-0.25, -0.2) is 9.37 Å². The Labute approximate surface area is 153 Å². The predicted octanol–water partition coefficient (Wildman–Crippen LogP) is 4.85. The number of thiophene rings is 1. The smallest absolute Gasteiger partial charge is 0.273 e. The number of benzene rings is 1. The van der Waals surface area contributed by atoms with Crippen LogP contribution in [0, 0.1) is 12.7 Å². The van der Waals surface area contributed by atoms with Crippen molar-refractivity contribution in [3.8, 4) is 0 Å². The molecule has 6 heteroatoms. The van der Waals surface area contributed by atoms with Crippen molar-refractivity contribution in [1.29, 1.82) is 0 Å². The molecular formula is C20H16FN3OS. The third kappa shape index (κ3) is 3.23. The lowest BCUT2D eigenvalue weighted by atomic mass is 10.2. The van der Waals surface area contributed by atoms with Gasteiger partial charge in [0, 0.05) is 12.7 Å². The molecule has 4 nitrogen and oxygen atoms in total. The normalized spacial score (nSPS) is 11.0. The molecule has 0 saturated carbocycles. The molecule has 4 aromatic rings. The van der Waals surface area contributed by atoms with E-state index in [-0.39, 0.29) is 11.7 Å². The van der Waals surface area contributed by atoms with Crippen molar-refractivity contribution >= 4 is 33.3 Å². The molecule has 1 N–H and O–H groups in total. The average molecular weight is 365 g/mol. The second-order valence-electron chi connectivity index (χ2n) is 6.09. The number of carbonyl (C=O) groups excluding carboxylic acids is 1. The molecule has 0 spiro atoms. The van der Waals surface area contributed by atoms with Crippen LogP contribution in [0.15, 0.2) is 60.1 Å². The highest BCUT2D eigenvalue weighted by Crippen LogP contribution is 2.27. The lowest BCUT2D eigenvalue weighted by Gasteiger charge is -2.11. The summed E-state index contributed by atoms with van der Waals surface area (Å²) in [6, 6.07) is 13.9. The van der Waals surface area contributed by atoms with Crippen LogP contribution >= 0.6 is 11.3 Å². The molecule has 4 rings (SSSR count). The summed E-state index contributed by atoms with van der Waals surface area (Å²) in [6.07, 6.45) is 1.71. The fraction of sp³-hybridized carbons (Fsp3) is 0.100. The highest BCUT2D eigenvalue weighted by molar-refractivity contribution is 7.17. The topological polar surface area (TPSA) is 46.9 Å². The van der Waals surface area contributed by atoms with Gasteiger partial charge in [0.25, 0.3) is 5.91 Å². The largest absolute Gasteiger partial charge is 0.331 e. The summed E-state index contributed by atoms with van der Waals surface area (Å²) in [7, 11) is 0. The van der Waals surface area contributed by atoms with Crippen molar-refractivity contribution < 1.29 is 9.18 Å². The van der Waals surface area contributed by atoms with Crippen LogP contribution in [-0.4, -0.2) is 15.5 Å². The number of carbonyl (C=O) groups is 1. The summed E-state index contributed by atoms with van der Waals surface area (Å²) in [5.41, 5.74) is 3.31. The van der Waals surface area contributed by atoms with Crippen molar-refractivity contribution in [2.24, 2.45) is 0 Å². The Morgan fingerprint density at radius 2 is 2.12 bits per heavy atom. The van der Waals surface area contributed by atoms with Crippen LogP contribution in [0.4, 0.5) is 10.2 Å². The Balaban J connectivity index is 1.69. The molecule has 0 atom stereocenters. The summed E-state index contributed by atoms with van der Waals surface area (Å²) in [5, 5.41) is 4.82. The van der Waals surface area contributed by atoms with E-state index in [1.807, 2.05) is 41.1 Å². The minimum Gasteiger partial charge on any atom is -0.331 e. The number of pyridine rings is 1. The summed E-state index contributed by atoms with van der Waals surface area (Å²) in [4.78, 5) is 17.0. The molecule has 130 valence electrons. The lowest BCUT2D eigenvalue weighted by molar-refractivity contribution is 0.101. The number of aromatic nitrogens is 2. The molecule has 0 aliphatic rings. The predicted molar refractivity (Wildman–Crippen MR) is 102 cm³/mol. The van der Waals surface area contributed by atoms with Crippen molar-refractivity contribution in [3.05, 3.63) is 82.7 Å². The number of hydrogen-bond donors (Lipinski definition) is 1. The van der Waals surface area contributed by atoms with Gasteiger partial charge in [-0.2, -0.15) is 0 Å². The van der Waals surface area contributed by atoms with Gasteiger partial charge in [0.05, 0.1) is 10.2 Å². The second kappa shape index (κ2) is 6.72. The molecule has 0 unspecified atom stereocenters. The highest BCUT2D eigenvalue weighted by Gasteiger charge is 2.17. The number of rotatable bonds is 4. The summed E-state index contributed by atoms with van der Waals surface area (Å²) >= 11 is 1.57. The SMILES string of the molecule is Cc1ccc(NC(=O)c2cc3sccc3n2Cc2cccc(F)c2)nc1. The fourth-order valence-corrected chi connectivity index (χ4v) is 3.70. The zero-order chi connectivity index (χ0) is 18.1. The zero-order valence-corrected chi connectivity index (χ0v) is 14.9. The summed E-state index contributed by atoms with van der Waals surface area (Å²) in [6.45, 7) is 2.36. The van der Waals surface area contributed by atoms with Gasteiger partial charge in [0.1, 0.15) is 17.3 Å². The third-order valence-corrected chi connectivity index (χ3v) is 4.99. The van der Waals surface area contributed by atoms with E-state index in [9.17, 15) is 9.18 Å². The van der Waals surface area contributed by atoms with Crippen LogP contribution in [0.1, 0.15) is 21.6 Å². The first-order valence-electron chi connectivity index (χ1n) is 8.15. The Morgan fingerprint density at radius 3 is 2.88 bits per heavy atom. The van der Waals surface area contributed by atoms with Gasteiger partial charge >= 0.3 is 0 Å². The van der Waals surface area contributed by atoms with E-state index in [0.29, 0.717) is 18.1 Å². The number of nitrogens with one attached hydrogen (secondary N) is 1. The molecule has 0 aliphatic carbocycles. The van der Waals surface area contributed by atoms with Crippen LogP contribution in [0.3, 0.4) is 0 Å². The van der Waals surface area contributed by atoms with Crippen molar-refractivity contribution in [1.82, 2.24) is 9.55 Å². The maximum atomic E-state index is 13.5. The molecule has 3 aromatic heterocycles. The standard InChI is InChI=1S/C20H16FN3OS/c1-13-5-6-19(22-11-13)23-20(25)17-10-18-16(7-8-26-18)24(17)12-14-3-2-4-15(21)9-14/h2-11H,12H2,1H3,(H,22,23,25). The molecular weight excluding hydrogens is 349 g/mol. The molecule has 0 fully saturated rings. The zero-order valence-electron chi connectivity index (χ0n) is 14.1. The van der Waals surface area contributed by atoms with Gasteiger partial charge in [0.15, 0.2) is 0 Å². The fourth-order valence-electron chi connectivity index (χ4n) is 2.88. The van der Waals surface area contributed by atoms with Gasteiger partial charge in [-0.1, -0.05) is 18.2 Å². The number of hydrogen-bond acceptors (Lipinski definition) is 3. The Bertz CT molecular complexity index is 1080. The first kappa shape index (κ1) is 16.5. The molecule has 0 radical (unpaired) electrons. The van der Waals surface area contributed by atoms with E-state index in [1.165, 1.54) is 12.1 Å². The minimum absolute atomic E-state index is 0.235. The van der Waals surface area contributed by atoms with Crippen LogP contribution in [0.5, 0.6) is 0 Å². The number of halogens is 1. The number of nitrogens with zero attached hydrogens (tertiary/aromatic N) is 2. The molecule has 1 amide bonds. The maximum absolute atomic E-state index is 13.5. The van der Waals surface area contributed by atoms with Gasteiger partial charge in [-0.15, -0.1) is 11.3 Å². The summed E-state index contributed by atoms with van der Waals surface area (Å²) < 4.78 is 16.5. The molecule has 1 aromatic carbocycles. The molecule has 0 saturated heterocycles. The molecule has 3 heterocycles. The third-order valence-electron chi connectivity index (χ3n) is 4.14. The van der Waals surface area contributed by atoms with Crippen LogP contribution in [0.25, 0.3) is 10.2 Å². The number of fused-ring (bicyclic) bond motifs is 1. The first-order chi connectivity index (χ1) is 12.6. The monoisotopic (exact) mass is 365 g/mol. The van der Waals surface area contributed by atoms with Crippen LogP contribution < -0.4 is 5.32 Å². The van der Waals surface area contributed by atoms with Gasteiger partial charge in [-0.05, 0) is 53.8 Å². The van der Waals surface area contributed by atoms with Crippen molar-refractivity contribution in [2.45, 2.75) is 13.5 Å². The van der Waals surface area contributed by atoms with E-state index in [4.69, 9.17) is 0 Å². The molecule has 0 aliphatic heterocycles. The Kier molecular flexibility index (Phi) is 4.26. The lowest BCUT2D eigenvalue weighted by Crippen LogP contribution is -2.18. The van der Waals surface area contributed by atoms with Gasteiger partial charge in [0.2, 0.25) is 0 Å².